The highest BCUT2D eigenvalue weighted by molar-refractivity contribution is 7.59. The molecule has 0 aliphatic rings. The van der Waals surface area contributed by atoms with Gasteiger partial charge in [-0.2, -0.15) is 13.5 Å². The third kappa shape index (κ3) is 34.3. The van der Waals surface area contributed by atoms with Gasteiger partial charge in [0.25, 0.3) is 5.91 Å². The second kappa shape index (κ2) is 51.2. The van der Waals surface area contributed by atoms with Crippen molar-refractivity contribution in [2.45, 2.75) is 122 Å². The number of aromatic carboxylic acids is 1. The lowest BCUT2D eigenvalue weighted by Crippen LogP contribution is -2.43. The smallest absolute Gasteiger partial charge is 0.408 e. The van der Waals surface area contributed by atoms with Crippen LogP contribution in [0.15, 0.2) is 325 Å². The van der Waals surface area contributed by atoms with E-state index in [2.05, 4.69) is 54.8 Å². The number of ketones is 3. The summed E-state index contributed by atoms with van der Waals surface area (Å²) in [7, 11) is 0. The molecule has 0 saturated carbocycles. The van der Waals surface area contributed by atoms with Crippen molar-refractivity contribution >= 4 is 105 Å². The maximum absolute atomic E-state index is 13.2. The molecule has 122 heavy (non-hydrogen) atoms. The Balaban J connectivity index is 0.000000188. The lowest BCUT2D eigenvalue weighted by Gasteiger charge is -2.22. The van der Waals surface area contributed by atoms with E-state index in [1.54, 1.807) is 74.6 Å². The zero-order chi connectivity index (χ0) is 86.0. The lowest BCUT2D eigenvalue weighted by molar-refractivity contribution is -0.139. The summed E-state index contributed by atoms with van der Waals surface area (Å²) in [5, 5.41) is 33.9. The van der Waals surface area contributed by atoms with Crippen LogP contribution < -0.4 is 22.1 Å². The van der Waals surface area contributed by atoms with Gasteiger partial charge in [-0.25, -0.2) is 34.3 Å². The summed E-state index contributed by atoms with van der Waals surface area (Å²) in [5.41, 5.74) is 24.5. The van der Waals surface area contributed by atoms with Crippen molar-refractivity contribution in [3.63, 3.8) is 0 Å². The van der Waals surface area contributed by atoms with Gasteiger partial charge in [0.05, 0.1) is 59.7 Å². The third-order valence-corrected chi connectivity index (χ3v) is 21.8. The first kappa shape index (κ1) is 95.0. The zero-order valence-corrected chi connectivity index (χ0v) is 72.8. The van der Waals surface area contributed by atoms with Crippen LogP contribution in [-0.4, -0.2) is 95.2 Å². The number of benzene rings is 10. The second-order valence-corrected chi connectivity index (χ2v) is 32.8. The van der Waals surface area contributed by atoms with Crippen LogP contribution in [0.3, 0.4) is 0 Å². The number of hydrogen-bond acceptors (Lipinski definition) is 18. The zero-order valence-electron chi connectivity index (χ0n) is 68.5. The fourth-order valence-corrected chi connectivity index (χ4v) is 15.0. The van der Waals surface area contributed by atoms with E-state index >= 15 is 0 Å². The van der Waals surface area contributed by atoms with Crippen LogP contribution in [0.1, 0.15) is 111 Å². The molecule has 0 bridgehead atoms. The van der Waals surface area contributed by atoms with Gasteiger partial charge in [0, 0.05) is 55.3 Å². The average molecular weight is 1720 g/mol. The molecule has 14 rings (SSSR count). The van der Waals surface area contributed by atoms with Crippen LogP contribution in [0.4, 0.5) is 9.93 Å². The summed E-state index contributed by atoms with van der Waals surface area (Å²) >= 11 is 6.03. The number of ether oxygens (including phenoxy) is 1. The lowest BCUT2D eigenvalue weighted by atomic mass is 9.96. The molecule has 2 amide bonds. The predicted octanol–water partition coefficient (Wildman–Crippen LogP) is 20.9. The summed E-state index contributed by atoms with van der Waals surface area (Å²) in [5.74, 6) is -1.81. The molecule has 0 unspecified atom stereocenters. The molecule has 628 valence electrons. The van der Waals surface area contributed by atoms with Crippen LogP contribution in [0, 0.1) is 5.92 Å². The molecule has 10 aromatic carbocycles. The first-order valence-corrected chi connectivity index (χ1v) is 43.2. The number of hydrogen-bond donors (Lipinski definition) is 6. The molecule has 18 nitrogen and oxygen atoms in total. The Labute approximate surface area is 736 Å². The standard InChI is InChI=1S/C27H24N2O2S.C21H21NOS.C20H20N2OS.C15H21NO4.C9H8N2S.C7H6O2.H2S/c30-25(18-26-28-24(19-32-26)21-12-6-2-7-13-21)23(17-16-20-10-4-1-5-11-20)29-27(31)22-14-8-3-9-15-22;1-16(12-13-17-8-4-2-5-9-17)20(23)14-21-22-19(15-24-21)18-10-6-3-7-11-18;21-17(12-11-15-7-3-1-4-8-15)19(23)13-20-22-18(14-24-20)16-9-5-2-6-10-16;1-15(2,3)20-14(19)16-12(13(17)18)10-9-11-7-5-4-6-8-11;10-9-11-8(6-12-9)7-4-2-1-3-5-7;8-7(9)6-4-2-1-3-5-6;/h1-15,19,23H,16-18H2,(H,29,31);2-11,15-16H,12-14H2,1H3;1-10,14,17H,11-13,21H2;4-8,12H,9-10H2,1-3H3,(H,16,19)(H,17,18);1-6H,(H2,10,11);1-5H,(H,8,9);1H2/t23-;16-;17-;12-;;;/m0000.../s1. The summed E-state index contributed by atoms with van der Waals surface area (Å²) in [4.78, 5) is 102. The first-order chi connectivity index (χ1) is 58.6. The summed E-state index contributed by atoms with van der Waals surface area (Å²) in [6, 6.07) is 95.3. The molecule has 8 N–H and O–H groups in total. The second-order valence-electron chi connectivity index (χ2n) is 29.0. The van der Waals surface area contributed by atoms with Crippen LogP contribution in [0.25, 0.3) is 45.0 Å². The molecule has 0 aliphatic heterocycles. The maximum Gasteiger partial charge on any atom is 0.408 e. The molecular formula is C99H102N8O10S5. The van der Waals surface area contributed by atoms with Crippen molar-refractivity contribution in [2.75, 3.05) is 5.73 Å². The number of amides is 2. The molecule has 0 aliphatic carbocycles. The van der Waals surface area contributed by atoms with E-state index in [4.69, 9.17) is 26.4 Å². The molecule has 0 fully saturated rings. The molecule has 4 atom stereocenters. The van der Waals surface area contributed by atoms with Gasteiger partial charge in [0.2, 0.25) is 0 Å². The molecule has 23 heteroatoms. The molecule has 14 aromatic rings. The number of nitrogens with one attached hydrogen (secondary N) is 2. The highest BCUT2D eigenvalue weighted by Gasteiger charge is 2.26. The number of carbonyl (C=O) groups excluding carboxylic acids is 5. The quantitative estimate of drug-likeness (QED) is 0.0244. The summed E-state index contributed by atoms with van der Waals surface area (Å²) < 4.78 is 5.06. The van der Waals surface area contributed by atoms with Crippen LogP contribution >= 0.6 is 58.8 Å². The van der Waals surface area contributed by atoms with E-state index in [1.165, 1.54) is 45.1 Å². The van der Waals surface area contributed by atoms with E-state index in [9.17, 15) is 33.6 Å². The van der Waals surface area contributed by atoms with E-state index in [1.807, 2.05) is 265 Å². The number of thiazole rings is 4. The molecule has 4 heterocycles. The van der Waals surface area contributed by atoms with E-state index in [0.717, 1.165) is 90.4 Å². The number of anilines is 1. The van der Waals surface area contributed by atoms with Crippen molar-refractivity contribution in [3.8, 4) is 45.0 Å². The summed E-state index contributed by atoms with van der Waals surface area (Å²) in [6.07, 6.45) is 5.70. The van der Waals surface area contributed by atoms with Crippen LogP contribution in [0.5, 0.6) is 0 Å². The van der Waals surface area contributed by atoms with Gasteiger partial charge in [-0.05, 0) is 119 Å². The van der Waals surface area contributed by atoms with Gasteiger partial charge in [-0.1, -0.05) is 286 Å². The summed E-state index contributed by atoms with van der Waals surface area (Å²) in [6.45, 7) is 7.21. The van der Waals surface area contributed by atoms with Crippen molar-refractivity contribution in [3.05, 3.63) is 373 Å². The number of rotatable bonds is 30. The largest absolute Gasteiger partial charge is 0.480 e. The van der Waals surface area contributed by atoms with Gasteiger partial charge >= 0.3 is 18.0 Å². The van der Waals surface area contributed by atoms with Crippen LogP contribution in [0.2, 0.25) is 0 Å². The van der Waals surface area contributed by atoms with E-state index < -0.39 is 41.8 Å². The minimum Gasteiger partial charge on any atom is -0.480 e. The van der Waals surface area contributed by atoms with Crippen molar-refractivity contribution in [1.82, 2.24) is 30.6 Å². The number of nitrogens with two attached hydrogens (primary N) is 2. The number of aryl methyl sites for hydroxylation is 4. The Morgan fingerprint density at radius 1 is 0.377 bits per heavy atom. The Hall–Kier alpha value is -12.5. The molecule has 4 aromatic heterocycles. The molecule has 0 saturated heterocycles. The number of carboxylic acid groups (broad SMARTS) is 2. The Bertz CT molecular complexity index is 5280. The number of Topliss-reactive ketones (excluding diaryl/α,β-unsaturated/α-hetero) is 3. The topological polar surface area (TPSA) is 297 Å². The van der Waals surface area contributed by atoms with Crippen molar-refractivity contribution < 1.29 is 48.5 Å². The SMILES string of the molecule is CC(C)(C)OC(=O)N[C@@H](CCc1ccccc1)C(=O)O.C[C@@H](CCc1ccccc1)C(=O)Cc1nc(-c2ccccc2)cs1.N[C@@H](CCc1ccccc1)C(=O)Cc1nc(-c2ccccc2)cs1.Nc1nc(-c2ccccc2)cs1.O=C(N[C@@H](CCc1ccccc1)C(=O)Cc1nc(-c2ccccc2)cs1)c1ccccc1.O=C(O)c1ccccc1.S. The van der Waals surface area contributed by atoms with E-state index in [-0.39, 0.29) is 49.1 Å². The maximum atomic E-state index is 13.2. The molecular weight excluding hydrogens is 1620 g/mol. The van der Waals surface area contributed by atoms with Gasteiger partial charge in [0.15, 0.2) is 16.7 Å². The first-order valence-electron chi connectivity index (χ1n) is 39.7. The van der Waals surface area contributed by atoms with E-state index in [0.29, 0.717) is 61.2 Å². The Kier molecular flexibility index (Phi) is 39.9. The number of carboxylic acids is 2. The van der Waals surface area contributed by atoms with Crippen LogP contribution in [-0.2, 0) is 68.9 Å². The van der Waals surface area contributed by atoms with Crippen molar-refractivity contribution in [1.29, 1.82) is 0 Å². The normalized spacial score (nSPS) is 11.5. The van der Waals surface area contributed by atoms with Crippen molar-refractivity contribution in [2.24, 2.45) is 11.7 Å². The minimum atomic E-state index is -1.06. The van der Waals surface area contributed by atoms with Gasteiger partial charge in [0.1, 0.15) is 32.4 Å². The third-order valence-electron chi connectivity index (χ3n) is 18.6. The number of nitrogen functional groups attached to an aromatic ring is 1. The monoisotopic (exact) mass is 1720 g/mol. The number of aliphatic carboxylic acids is 1. The minimum absolute atomic E-state index is 0. The average Bonchev–Trinajstić information content (AvgIpc) is 1.74. The van der Waals surface area contributed by atoms with Gasteiger partial charge in [-0.3, -0.25) is 19.2 Å². The van der Waals surface area contributed by atoms with Gasteiger partial charge in [-0.15, -0.1) is 45.3 Å². The Morgan fingerprint density at radius 2 is 0.680 bits per heavy atom. The number of carbonyl (C=O) groups is 7. The Morgan fingerprint density at radius 3 is 1.02 bits per heavy atom. The molecule has 0 spiro atoms. The number of alkyl carbamates (subject to hydrolysis) is 1. The predicted molar refractivity (Wildman–Crippen MR) is 499 cm³/mol. The highest BCUT2D eigenvalue weighted by atomic mass is 32.1. The fraction of sp³-hybridized carbons (Fsp3) is 0.202. The van der Waals surface area contributed by atoms with Gasteiger partial charge < -0.3 is 37.1 Å². The number of aromatic nitrogens is 4. The fourth-order valence-electron chi connectivity index (χ4n) is 12.0. The highest BCUT2D eigenvalue weighted by Crippen LogP contribution is 2.28. The molecule has 0 radical (unpaired) electrons. The number of nitrogens with zero attached hydrogens (tertiary/aromatic N) is 4.